The van der Waals surface area contributed by atoms with Gasteiger partial charge < -0.3 is 19.2 Å². The van der Waals surface area contributed by atoms with Crippen molar-refractivity contribution in [2.45, 2.75) is 25.8 Å². The van der Waals surface area contributed by atoms with Gasteiger partial charge in [-0.1, -0.05) is 37.1 Å². The summed E-state index contributed by atoms with van der Waals surface area (Å²) in [4.78, 5) is 30.4. The summed E-state index contributed by atoms with van der Waals surface area (Å²) in [5.74, 6) is -0.215. The molecule has 9 heteroatoms. The van der Waals surface area contributed by atoms with Gasteiger partial charge in [-0.2, -0.15) is 0 Å². The van der Waals surface area contributed by atoms with Gasteiger partial charge in [-0.15, -0.1) is 0 Å². The van der Waals surface area contributed by atoms with Crippen LogP contribution in [0.15, 0.2) is 83.6 Å². The maximum atomic E-state index is 14.0. The lowest BCUT2D eigenvalue weighted by atomic mass is 10.0. The van der Waals surface area contributed by atoms with Crippen LogP contribution in [0.1, 0.15) is 37.3 Å². The van der Waals surface area contributed by atoms with Crippen LogP contribution >= 0.6 is 11.6 Å². The first kappa shape index (κ1) is 24.6. The molecule has 0 bridgehead atoms. The summed E-state index contributed by atoms with van der Waals surface area (Å²) in [5, 5.41) is 2.64. The molecule has 1 aliphatic rings. The van der Waals surface area contributed by atoms with Gasteiger partial charge in [-0.05, 0) is 61.0 Å². The Morgan fingerprint density at radius 1 is 1.08 bits per heavy atom. The summed E-state index contributed by atoms with van der Waals surface area (Å²) in [6.45, 7) is 2.23. The number of aromatic nitrogens is 1. The molecule has 0 saturated carbocycles. The van der Waals surface area contributed by atoms with Gasteiger partial charge in [-0.3, -0.25) is 9.69 Å². The van der Waals surface area contributed by atoms with E-state index < -0.39 is 17.9 Å². The van der Waals surface area contributed by atoms with Crippen LogP contribution in [0.2, 0.25) is 5.02 Å². The number of amides is 3. The van der Waals surface area contributed by atoms with Crippen molar-refractivity contribution in [1.82, 2.24) is 9.47 Å². The molecular weight excluding hydrogens is 495 g/mol. The predicted octanol–water partition coefficient (Wildman–Crippen LogP) is 6.63. The van der Waals surface area contributed by atoms with E-state index in [2.05, 4.69) is 5.32 Å². The Morgan fingerprint density at radius 2 is 1.89 bits per heavy atom. The molecule has 2 aromatic heterocycles. The molecule has 1 aliphatic heterocycles. The van der Waals surface area contributed by atoms with Crippen molar-refractivity contribution in [3.63, 3.8) is 0 Å². The van der Waals surface area contributed by atoms with Crippen LogP contribution in [0.5, 0.6) is 0 Å². The van der Waals surface area contributed by atoms with E-state index in [0.717, 1.165) is 23.5 Å². The molecule has 0 saturated heterocycles. The van der Waals surface area contributed by atoms with Crippen LogP contribution in [-0.2, 0) is 4.79 Å². The fraction of sp³-hybridized carbons (Fsp3) is 0.214. The zero-order valence-corrected chi connectivity index (χ0v) is 21.0. The summed E-state index contributed by atoms with van der Waals surface area (Å²) in [5.41, 5.74) is 2.82. The number of benzene rings is 2. The van der Waals surface area contributed by atoms with Crippen molar-refractivity contribution >= 4 is 34.9 Å². The van der Waals surface area contributed by atoms with Crippen molar-refractivity contribution in [1.29, 1.82) is 0 Å². The van der Waals surface area contributed by atoms with Crippen molar-refractivity contribution in [2.24, 2.45) is 0 Å². The third-order valence-corrected chi connectivity index (χ3v) is 6.66. The molecule has 0 spiro atoms. The second kappa shape index (κ2) is 10.5. The number of furan rings is 1. The lowest BCUT2D eigenvalue weighted by Crippen LogP contribution is -2.47. The molecule has 0 aliphatic carbocycles. The third kappa shape index (κ3) is 4.84. The number of unbranched alkanes of at least 4 members (excludes halogenated alkanes) is 1. The number of para-hydroxylation sites is 2. The summed E-state index contributed by atoms with van der Waals surface area (Å²) in [6.07, 6.45) is 5.10. The van der Waals surface area contributed by atoms with Crippen LogP contribution in [0.4, 0.5) is 20.6 Å². The zero-order valence-electron chi connectivity index (χ0n) is 20.2. The number of fused-ring (bicyclic) bond motifs is 3. The smallest absolute Gasteiger partial charge is 0.322 e. The highest BCUT2D eigenvalue weighted by atomic mass is 35.5. The number of rotatable bonds is 7. The number of hydrogen-bond acceptors (Lipinski definition) is 3. The third-order valence-electron chi connectivity index (χ3n) is 6.37. The van der Waals surface area contributed by atoms with Crippen molar-refractivity contribution in [3.8, 4) is 5.69 Å². The molecule has 190 valence electrons. The van der Waals surface area contributed by atoms with E-state index in [1.807, 2.05) is 60.2 Å². The summed E-state index contributed by atoms with van der Waals surface area (Å²) in [6, 6.07) is 18.2. The fourth-order valence-corrected chi connectivity index (χ4v) is 4.78. The molecule has 3 heterocycles. The minimum atomic E-state index is -0.574. The van der Waals surface area contributed by atoms with Gasteiger partial charge in [-0.25, -0.2) is 9.18 Å². The number of anilines is 2. The van der Waals surface area contributed by atoms with Crippen molar-refractivity contribution in [2.75, 3.05) is 23.3 Å². The number of nitrogens with one attached hydrogen (secondary N) is 1. The Hall–Kier alpha value is -4.04. The molecule has 4 aromatic rings. The fourth-order valence-electron chi connectivity index (χ4n) is 4.59. The molecule has 3 amide bonds. The minimum absolute atomic E-state index is 0.0943. The molecule has 0 fully saturated rings. The van der Waals surface area contributed by atoms with E-state index in [1.54, 1.807) is 17.2 Å². The molecule has 1 unspecified atom stereocenters. The first-order chi connectivity index (χ1) is 18.0. The standard InChI is InChI=1S/C28H26ClFN4O3/c1-2-3-14-32(28(36)31-19-12-13-21(30)20(29)17-19)18-26(35)34-23-9-5-4-8-22(23)33-15-6-10-24(33)27(34)25-11-7-16-37-25/h4-13,15-17,27H,2-3,14,18H2,1H3,(H,31,36). The second-order valence-corrected chi connectivity index (χ2v) is 9.21. The molecule has 5 rings (SSSR count). The maximum Gasteiger partial charge on any atom is 0.322 e. The predicted molar refractivity (Wildman–Crippen MR) is 141 cm³/mol. The minimum Gasteiger partial charge on any atom is -0.467 e. The summed E-state index contributed by atoms with van der Waals surface area (Å²) >= 11 is 5.88. The van der Waals surface area contributed by atoms with Gasteiger partial charge >= 0.3 is 6.03 Å². The van der Waals surface area contributed by atoms with Crippen LogP contribution in [0.3, 0.4) is 0 Å². The van der Waals surface area contributed by atoms with Gasteiger partial charge in [0.1, 0.15) is 24.2 Å². The highest BCUT2D eigenvalue weighted by Crippen LogP contribution is 2.42. The van der Waals surface area contributed by atoms with E-state index in [-0.39, 0.29) is 17.5 Å². The van der Waals surface area contributed by atoms with Gasteiger partial charge in [0.25, 0.3) is 0 Å². The normalized spacial score (nSPS) is 14.1. The number of urea groups is 1. The van der Waals surface area contributed by atoms with Gasteiger partial charge in [0.15, 0.2) is 0 Å². The molecule has 2 aromatic carbocycles. The van der Waals surface area contributed by atoms with E-state index in [4.69, 9.17) is 16.0 Å². The molecule has 7 nitrogen and oxygen atoms in total. The average Bonchev–Trinajstić information content (AvgIpc) is 3.60. The Morgan fingerprint density at radius 3 is 2.62 bits per heavy atom. The van der Waals surface area contributed by atoms with E-state index >= 15 is 0 Å². The summed E-state index contributed by atoms with van der Waals surface area (Å²) < 4.78 is 21.4. The molecule has 37 heavy (non-hydrogen) atoms. The number of hydrogen-bond donors (Lipinski definition) is 1. The monoisotopic (exact) mass is 520 g/mol. The molecule has 0 radical (unpaired) electrons. The molecular formula is C28H26ClFN4O3. The largest absolute Gasteiger partial charge is 0.467 e. The topological polar surface area (TPSA) is 70.7 Å². The number of nitrogens with zero attached hydrogens (tertiary/aromatic N) is 3. The zero-order chi connectivity index (χ0) is 25.9. The van der Waals surface area contributed by atoms with E-state index in [1.165, 1.54) is 23.1 Å². The highest BCUT2D eigenvalue weighted by molar-refractivity contribution is 6.31. The Labute approximate surface area is 219 Å². The summed E-state index contributed by atoms with van der Waals surface area (Å²) in [7, 11) is 0. The van der Waals surface area contributed by atoms with Crippen LogP contribution in [0, 0.1) is 5.82 Å². The number of carbonyl (C=O) groups is 2. The Bertz CT molecular complexity index is 1420. The Kier molecular flexibility index (Phi) is 7.01. The van der Waals surface area contributed by atoms with Crippen LogP contribution in [0.25, 0.3) is 5.69 Å². The molecule has 1 atom stereocenters. The van der Waals surface area contributed by atoms with Crippen LogP contribution < -0.4 is 10.2 Å². The maximum absolute atomic E-state index is 14.0. The van der Waals surface area contributed by atoms with E-state index in [9.17, 15) is 14.0 Å². The van der Waals surface area contributed by atoms with Crippen molar-refractivity contribution in [3.05, 3.63) is 101 Å². The van der Waals surface area contributed by atoms with Gasteiger partial charge in [0.2, 0.25) is 5.91 Å². The first-order valence-corrected chi connectivity index (χ1v) is 12.5. The van der Waals surface area contributed by atoms with Gasteiger partial charge in [0.05, 0.1) is 28.4 Å². The number of halogens is 2. The van der Waals surface area contributed by atoms with Gasteiger partial charge in [0, 0.05) is 18.4 Å². The average molecular weight is 521 g/mol. The number of carbonyl (C=O) groups excluding carboxylic acids is 2. The molecule has 1 N–H and O–H groups in total. The Balaban J connectivity index is 1.47. The SMILES string of the molecule is CCCCN(CC(=O)N1c2ccccc2-n2cccc2C1c1ccco1)C(=O)Nc1ccc(F)c(Cl)c1. The quantitative estimate of drug-likeness (QED) is 0.297. The lowest BCUT2D eigenvalue weighted by Gasteiger charge is -2.38. The second-order valence-electron chi connectivity index (χ2n) is 8.81. The highest BCUT2D eigenvalue weighted by Gasteiger charge is 2.38. The lowest BCUT2D eigenvalue weighted by molar-refractivity contribution is -0.119. The van der Waals surface area contributed by atoms with E-state index in [0.29, 0.717) is 24.4 Å². The van der Waals surface area contributed by atoms with Crippen molar-refractivity contribution < 1.29 is 18.4 Å². The first-order valence-electron chi connectivity index (χ1n) is 12.1. The van der Waals surface area contributed by atoms with Crippen LogP contribution in [-0.4, -0.2) is 34.5 Å².